The molecule has 3 heterocycles. The Morgan fingerprint density at radius 1 is 1.33 bits per heavy atom. The first kappa shape index (κ1) is 10.4. The van der Waals surface area contributed by atoms with Crippen molar-refractivity contribution in [1.29, 1.82) is 0 Å². The highest BCUT2D eigenvalue weighted by Crippen LogP contribution is 2.27. The molecule has 88 valence electrons. The average molecular weight is 240 g/mol. The van der Waals surface area contributed by atoms with E-state index in [1.54, 1.807) is 18.5 Å². The van der Waals surface area contributed by atoms with Crippen molar-refractivity contribution in [3.63, 3.8) is 0 Å². The Hall–Kier alpha value is -2.76. The predicted molar refractivity (Wildman–Crippen MR) is 64.1 cm³/mol. The van der Waals surface area contributed by atoms with Crippen molar-refractivity contribution in [3.05, 3.63) is 42.6 Å². The van der Waals surface area contributed by atoms with Gasteiger partial charge < -0.3 is 10.1 Å². The van der Waals surface area contributed by atoms with Crippen LogP contribution < -0.4 is 0 Å². The number of carbonyl (C=O) groups is 1. The van der Waals surface area contributed by atoms with Gasteiger partial charge in [0.2, 0.25) is 0 Å². The van der Waals surface area contributed by atoms with Crippen molar-refractivity contribution in [1.82, 2.24) is 19.9 Å². The van der Waals surface area contributed by atoms with Crippen LogP contribution in [0.2, 0.25) is 0 Å². The van der Waals surface area contributed by atoms with E-state index in [-0.39, 0.29) is 5.56 Å². The molecule has 0 bridgehead atoms. The lowest BCUT2D eigenvalue weighted by Crippen LogP contribution is -1.96. The fourth-order valence-corrected chi connectivity index (χ4v) is 1.85. The van der Waals surface area contributed by atoms with Crippen molar-refractivity contribution in [2.75, 3.05) is 0 Å². The molecule has 6 heteroatoms. The van der Waals surface area contributed by atoms with Gasteiger partial charge in [-0.2, -0.15) is 0 Å². The zero-order chi connectivity index (χ0) is 12.5. The molecule has 2 N–H and O–H groups in total. The molecule has 0 aromatic carbocycles. The number of nitrogens with one attached hydrogen (secondary N) is 1. The van der Waals surface area contributed by atoms with Crippen molar-refractivity contribution < 1.29 is 9.90 Å². The summed E-state index contributed by atoms with van der Waals surface area (Å²) in [5, 5.41) is 9.65. The van der Waals surface area contributed by atoms with Gasteiger partial charge in [0.25, 0.3) is 0 Å². The summed E-state index contributed by atoms with van der Waals surface area (Å²) >= 11 is 0. The number of H-pyrrole nitrogens is 1. The van der Waals surface area contributed by atoms with Gasteiger partial charge in [0.15, 0.2) is 0 Å². The molecule has 0 unspecified atom stereocenters. The largest absolute Gasteiger partial charge is 0.478 e. The molecule has 0 saturated heterocycles. The molecule has 0 amide bonds. The van der Waals surface area contributed by atoms with Crippen molar-refractivity contribution >= 4 is 17.0 Å². The van der Waals surface area contributed by atoms with E-state index in [1.165, 1.54) is 12.5 Å². The molecule has 0 saturated carbocycles. The molecule has 0 aliphatic heterocycles. The molecule has 0 aliphatic rings. The number of pyridine rings is 1. The van der Waals surface area contributed by atoms with Gasteiger partial charge in [-0.25, -0.2) is 14.8 Å². The zero-order valence-electron chi connectivity index (χ0n) is 9.16. The van der Waals surface area contributed by atoms with Crippen molar-refractivity contribution in [3.8, 4) is 11.3 Å². The standard InChI is InChI=1S/C12H8N4O2/c17-12(18)8-5-14-11-9(8)10(15-6-16-11)7-2-1-3-13-4-7/h1-6H,(H,17,18)(H,14,15,16). The highest BCUT2D eigenvalue weighted by molar-refractivity contribution is 6.07. The molecular formula is C12H8N4O2. The van der Waals surface area contributed by atoms with Crippen LogP contribution in [0.5, 0.6) is 0 Å². The molecule has 0 atom stereocenters. The van der Waals surface area contributed by atoms with Gasteiger partial charge in [-0.05, 0) is 12.1 Å². The number of nitrogens with zero attached hydrogens (tertiary/aromatic N) is 3. The normalized spacial score (nSPS) is 10.7. The molecule has 3 aromatic heterocycles. The molecule has 6 nitrogen and oxygen atoms in total. The maximum Gasteiger partial charge on any atom is 0.338 e. The van der Waals surface area contributed by atoms with Crippen LogP contribution in [-0.4, -0.2) is 31.0 Å². The second-order valence-corrected chi connectivity index (χ2v) is 3.70. The molecule has 0 radical (unpaired) electrons. The minimum absolute atomic E-state index is 0.157. The molecule has 0 aliphatic carbocycles. The lowest BCUT2D eigenvalue weighted by atomic mass is 10.1. The summed E-state index contributed by atoms with van der Waals surface area (Å²) in [6.07, 6.45) is 6.10. The highest BCUT2D eigenvalue weighted by Gasteiger charge is 2.16. The van der Waals surface area contributed by atoms with E-state index in [0.717, 1.165) is 5.56 Å². The molecule has 3 rings (SSSR count). The lowest BCUT2D eigenvalue weighted by Gasteiger charge is -2.02. The van der Waals surface area contributed by atoms with Gasteiger partial charge >= 0.3 is 5.97 Å². The van der Waals surface area contributed by atoms with Gasteiger partial charge in [-0.1, -0.05) is 0 Å². The number of hydrogen-bond donors (Lipinski definition) is 2. The maximum atomic E-state index is 11.2. The van der Waals surface area contributed by atoms with E-state index in [0.29, 0.717) is 16.7 Å². The molecule has 0 fully saturated rings. The van der Waals surface area contributed by atoms with Gasteiger partial charge in [0.1, 0.15) is 12.0 Å². The van der Waals surface area contributed by atoms with Crippen LogP contribution in [0, 0.1) is 0 Å². The number of hydrogen-bond acceptors (Lipinski definition) is 4. The summed E-state index contributed by atoms with van der Waals surface area (Å²) < 4.78 is 0. The van der Waals surface area contributed by atoms with Gasteiger partial charge in [-0.3, -0.25) is 4.98 Å². The van der Waals surface area contributed by atoms with E-state index in [2.05, 4.69) is 19.9 Å². The summed E-state index contributed by atoms with van der Waals surface area (Å²) in [6, 6.07) is 3.60. The topological polar surface area (TPSA) is 91.8 Å². The fourth-order valence-electron chi connectivity index (χ4n) is 1.85. The zero-order valence-corrected chi connectivity index (χ0v) is 9.16. The first-order valence-electron chi connectivity index (χ1n) is 5.23. The fraction of sp³-hybridized carbons (Fsp3) is 0. The van der Waals surface area contributed by atoms with Crippen molar-refractivity contribution in [2.45, 2.75) is 0 Å². The second-order valence-electron chi connectivity index (χ2n) is 3.70. The second kappa shape index (κ2) is 3.92. The highest BCUT2D eigenvalue weighted by atomic mass is 16.4. The minimum atomic E-state index is -1.01. The van der Waals surface area contributed by atoms with Crippen LogP contribution in [0.1, 0.15) is 10.4 Å². The van der Waals surface area contributed by atoms with E-state index in [9.17, 15) is 4.79 Å². The molecule has 0 spiro atoms. The summed E-state index contributed by atoms with van der Waals surface area (Å²) in [5.41, 5.74) is 1.98. The number of rotatable bonds is 2. The van der Waals surface area contributed by atoms with E-state index < -0.39 is 5.97 Å². The SMILES string of the molecule is O=C(O)c1c[nH]c2ncnc(-c3cccnc3)c12. The number of fused-ring (bicyclic) bond motifs is 1. The first-order chi connectivity index (χ1) is 8.77. The Bertz CT molecular complexity index is 721. The van der Waals surface area contributed by atoms with Crippen molar-refractivity contribution in [2.24, 2.45) is 0 Å². The number of carboxylic acids is 1. The Labute approximate surface area is 101 Å². The Kier molecular flexibility index (Phi) is 2.26. The predicted octanol–water partition coefficient (Wildman–Crippen LogP) is 1.72. The van der Waals surface area contributed by atoms with Crippen LogP contribution >= 0.6 is 0 Å². The smallest absolute Gasteiger partial charge is 0.338 e. The summed E-state index contributed by atoms with van der Waals surface area (Å²) in [4.78, 5) is 26.2. The van der Waals surface area contributed by atoms with Crippen LogP contribution in [0.4, 0.5) is 0 Å². The Morgan fingerprint density at radius 2 is 2.22 bits per heavy atom. The summed E-state index contributed by atoms with van der Waals surface area (Å²) in [6.45, 7) is 0. The quantitative estimate of drug-likeness (QED) is 0.711. The number of aromatic carboxylic acids is 1. The lowest BCUT2D eigenvalue weighted by molar-refractivity contribution is 0.0699. The molecule has 18 heavy (non-hydrogen) atoms. The summed E-state index contributed by atoms with van der Waals surface area (Å²) in [5.74, 6) is -1.01. The van der Waals surface area contributed by atoms with E-state index >= 15 is 0 Å². The first-order valence-corrected chi connectivity index (χ1v) is 5.23. The van der Waals surface area contributed by atoms with E-state index in [1.807, 2.05) is 6.07 Å². The minimum Gasteiger partial charge on any atom is -0.478 e. The van der Waals surface area contributed by atoms with Crippen LogP contribution in [-0.2, 0) is 0 Å². The molecule has 3 aromatic rings. The van der Waals surface area contributed by atoms with Gasteiger partial charge in [-0.15, -0.1) is 0 Å². The third-order valence-corrected chi connectivity index (χ3v) is 2.64. The maximum absolute atomic E-state index is 11.2. The number of aromatic nitrogens is 4. The Balaban J connectivity index is 2.36. The Morgan fingerprint density at radius 3 is 2.94 bits per heavy atom. The van der Waals surface area contributed by atoms with Gasteiger partial charge in [0.05, 0.1) is 16.6 Å². The monoisotopic (exact) mass is 240 g/mol. The van der Waals surface area contributed by atoms with Gasteiger partial charge in [0, 0.05) is 24.2 Å². The number of carboxylic acid groups (broad SMARTS) is 1. The molecular weight excluding hydrogens is 232 g/mol. The van der Waals surface area contributed by atoms with E-state index in [4.69, 9.17) is 5.11 Å². The summed E-state index contributed by atoms with van der Waals surface area (Å²) in [7, 11) is 0. The third-order valence-electron chi connectivity index (χ3n) is 2.64. The average Bonchev–Trinajstić information content (AvgIpc) is 2.83. The van der Waals surface area contributed by atoms with Crippen LogP contribution in [0.15, 0.2) is 37.1 Å². The third kappa shape index (κ3) is 1.51. The van der Waals surface area contributed by atoms with Crippen LogP contribution in [0.3, 0.4) is 0 Å². The number of aromatic amines is 1. The van der Waals surface area contributed by atoms with Crippen LogP contribution in [0.25, 0.3) is 22.3 Å².